The molecule has 0 saturated heterocycles. The Morgan fingerprint density at radius 1 is 1.00 bits per heavy atom. The average molecular weight is 230 g/mol. The molecule has 0 nitrogen and oxygen atoms in total. The molecule has 17 heavy (non-hydrogen) atoms. The number of halogens is 2. The summed E-state index contributed by atoms with van der Waals surface area (Å²) in [4.78, 5) is 0. The predicted molar refractivity (Wildman–Crippen MR) is 63.9 cm³/mol. The zero-order chi connectivity index (χ0) is 12.0. The molecule has 1 aliphatic rings. The maximum atomic E-state index is 13.9. The zero-order valence-corrected chi connectivity index (χ0v) is 9.56. The Balaban J connectivity index is 2.32. The third-order valence-electron chi connectivity index (χ3n) is 3.48. The van der Waals surface area contributed by atoms with Crippen molar-refractivity contribution in [3.05, 3.63) is 58.7 Å². The van der Waals surface area contributed by atoms with Crippen LogP contribution < -0.4 is 0 Å². The van der Waals surface area contributed by atoms with Gasteiger partial charge in [0.25, 0.3) is 0 Å². The molecule has 0 atom stereocenters. The fourth-order valence-electron chi connectivity index (χ4n) is 2.61. The number of hydrogen-bond donors (Lipinski definition) is 0. The molecule has 0 radical (unpaired) electrons. The van der Waals surface area contributed by atoms with Gasteiger partial charge in [-0.1, -0.05) is 12.1 Å². The Morgan fingerprint density at radius 3 is 2.65 bits per heavy atom. The third kappa shape index (κ3) is 1.55. The van der Waals surface area contributed by atoms with Crippen LogP contribution >= 0.6 is 0 Å². The molecule has 0 aliphatic heterocycles. The Kier molecular flexibility index (Phi) is 2.25. The van der Waals surface area contributed by atoms with E-state index in [0.29, 0.717) is 5.56 Å². The van der Waals surface area contributed by atoms with Crippen molar-refractivity contribution in [3.63, 3.8) is 0 Å². The lowest BCUT2D eigenvalue weighted by Gasteiger charge is -2.22. The van der Waals surface area contributed by atoms with Gasteiger partial charge in [0.05, 0.1) is 0 Å². The summed E-state index contributed by atoms with van der Waals surface area (Å²) in [5.74, 6) is -0.460. The first-order valence-electron chi connectivity index (χ1n) is 5.73. The number of aryl methyl sites for hydroxylation is 2. The highest BCUT2D eigenvalue weighted by molar-refractivity contribution is 5.74. The number of hydrogen-bond acceptors (Lipinski definition) is 0. The summed E-state index contributed by atoms with van der Waals surface area (Å²) >= 11 is 0. The van der Waals surface area contributed by atoms with Crippen LogP contribution in [-0.2, 0) is 12.8 Å². The van der Waals surface area contributed by atoms with Crippen LogP contribution in [0.25, 0.3) is 11.1 Å². The summed E-state index contributed by atoms with van der Waals surface area (Å²) in [7, 11) is 0. The minimum Gasteiger partial charge on any atom is -0.207 e. The second-order valence-corrected chi connectivity index (χ2v) is 4.52. The molecule has 0 saturated carbocycles. The van der Waals surface area contributed by atoms with Crippen molar-refractivity contribution in [2.45, 2.75) is 19.8 Å². The Labute approximate surface area is 98.9 Å². The van der Waals surface area contributed by atoms with Crippen LogP contribution in [0, 0.1) is 18.6 Å². The molecule has 2 heteroatoms. The first-order valence-corrected chi connectivity index (χ1v) is 5.73. The van der Waals surface area contributed by atoms with Crippen molar-refractivity contribution in [1.29, 1.82) is 0 Å². The normalized spacial score (nSPS) is 13.1. The van der Waals surface area contributed by atoms with Gasteiger partial charge in [0, 0.05) is 5.56 Å². The zero-order valence-electron chi connectivity index (χ0n) is 9.56. The van der Waals surface area contributed by atoms with E-state index in [0.717, 1.165) is 35.1 Å². The molecule has 0 amide bonds. The fourth-order valence-corrected chi connectivity index (χ4v) is 2.61. The lowest BCUT2D eigenvalue weighted by atomic mass is 9.83. The van der Waals surface area contributed by atoms with Gasteiger partial charge in [-0.2, -0.15) is 0 Å². The Bertz CT molecular complexity index is 600. The number of rotatable bonds is 0. The van der Waals surface area contributed by atoms with Crippen molar-refractivity contribution in [3.8, 4) is 11.1 Å². The smallest absolute Gasteiger partial charge is 0.131 e. The van der Waals surface area contributed by atoms with Crippen LogP contribution in [0.15, 0.2) is 30.3 Å². The molecule has 0 heterocycles. The van der Waals surface area contributed by atoms with E-state index >= 15 is 0 Å². The molecule has 1 aliphatic carbocycles. The Morgan fingerprint density at radius 2 is 1.82 bits per heavy atom. The van der Waals surface area contributed by atoms with Crippen LogP contribution in [0.4, 0.5) is 8.78 Å². The summed E-state index contributed by atoms with van der Waals surface area (Å²) in [5.41, 5.74) is 4.57. The van der Waals surface area contributed by atoms with Gasteiger partial charge in [-0.25, -0.2) is 8.78 Å². The molecule has 0 spiro atoms. The maximum absolute atomic E-state index is 13.9. The molecular weight excluding hydrogens is 218 g/mol. The predicted octanol–water partition coefficient (Wildman–Crippen LogP) is 4.04. The summed E-state index contributed by atoms with van der Waals surface area (Å²) in [6, 6.07) is 7.90. The highest BCUT2D eigenvalue weighted by Gasteiger charge is 2.21. The average Bonchev–Trinajstić information content (AvgIpc) is 2.32. The highest BCUT2D eigenvalue weighted by atomic mass is 19.1. The molecule has 86 valence electrons. The summed E-state index contributed by atoms with van der Waals surface area (Å²) in [5, 5.41) is 0. The molecular formula is C15H12F2. The second kappa shape index (κ2) is 3.66. The minimum absolute atomic E-state index is 0.210. The monoisotopic (exact) mass is 230 g/mol. The van der Waals surface area contributed by atoms with Crippen molar-refractivity contribution < 1.29 is 8.78 Å². The molecule has 0 aromatic heterocycles. The van der Waals surface area contributed by atoms with Crippen LogP contribution in [0.1, 0.15) is 16.7 Å². The number of benzene rings is 2. The van der Waals surface area contributed by atoms with Gasteiger partial charge >= 0.3 is 0 Å². The topological polar surface area (TPSA) is 0 Å². The van der Waals surface area contributed by atoms with E-state index < -0.39 is 0 Å². The Hall–Kier alpha value is -1.70. The van der Waals surface area contributed by atoms with Gasteiger partial charge in [-0.05, 0) is 60.2 Å². The van der Waals surface area contributed by atoms with Crippen molar-refractivity contribution in [2.24, 2.45) is 0 Å². The molecule has 2 aromatic rings. The molecule has 3 rings (SSSR count). The molecule has 0 fully saturated rings. The summed E-state index contributed by atoms with van der Waals surface area (Å²) < 4.78 is 27.1. The van der Waals surface area contributed by atoms with Crippen LogP contribution in [-0.4, -0.2) is 0 Å². The van der Waals surface area contributed by atoms with Gasteiger partial charge in [0.15, 0.2) is 0 Å². The van der Waals surface area contributed by atoms with Crippen LogP contribution in [0.3, 0.4) is 0 Å². The number of fused-ring (bicyclic) bond motifs is 3. The van der Waals surface area contributed by atoms with E-state index in [1.165, 1.54) is 18.2 Å². The summed E-state index contributed by atoms with van der Waals surface area (Å²) in [6.07, 6.45) is 1.57. The van der Waals surface area contributed by atoms with E-state index in [2.05, 4.69) is 0 Å². The lowest BCUT2D eigenvalue weighted by molar-refractivity contribution is 0.619. The highest BCUT2D eigenvalue weighted by Crippen LogP contribution is 2.37. The molecule has 2 aromatic carbocycles. The molecule has 0 unspecified atom stereocenters. The molecule has 0 N–H and O–H groups in total. The van der Waals surface area contributed by atoms with Crippen molar-refractivity contribution in [2.75, 3.05) is 0 Å². The quantitative estimate of drug-likeness (QED) is 0.640. The third-order valence-corrected chi connectivity index (χ3v) is 3.48. The van der Waals surface area contributed by atoms with Gasteiger partial charge in [0.1, 0.15) is 11.6 Å². The van der Waals surface area contributed by atoms with Gasteiger partial charge in [-0.3, -0.25) is 0 Å². The van der Waals surface area contributed by atoms with Gasteiger partial charge in [0.2, 0.25) is 0 Å². The standard InChI is InChI=1S/C15H12F2/c1-9-2-7-14(17)15-12(9)5-3-10-8-11(16)4-6-13(10)15/h2,4,6-8H,3,5H2,1H3. The SMILES string of the molecule is Cc1ccc(F)c2c1CCc1cc(F)ccc1-2. The minimum atomic E-state index is -0.250. The van der Waals surface area contributed by atoms with E-state index in [9.17, 15) is 8.78 Å². The summed E-state index contributed by atoms with van der Waals surface area (Å²) in [6.45, 7) is 1.99. The van der Waals surface area contributed by atoms with E-state index in [1.807, 2.05) is 13.0 Å². The maximum Gasteiger partial charge on any atom is 0.131 e. The molecule has 0 bridgehead atoms. The largest absolute Gasteiger partial charge is 0.207 e. The first kappa shape index (κ1) is 10.5. The van der Waals surface area contributed by atoms with Gasteiger partial charge in [-0.15, -0.1) is 0 Å². The van der Waals surface area contributed by atoms with Gasteiger partial charge < -0.3 is 0 Å². The first-order chi connectivity index (χ1) is 8.16. The lowest BCUT2D eigenvalue weighted by Crippen LogP contribution is -2.08. The van der Waals surface area contributed by atoms with E-state index in [-0.39, 0.29) is 11.6 Å². The fraction of sp³-hybridized carbons (Fsp3) is 0.200. The van der Waals surface area contributed by atoms with Crippen molar-refractivity contribution in [1.82, 2.24) is 0 Å². The van der Waals surface area contributed by atoms with E-state index in [1.54, 1.807) is 6.07 Å². The second-order valence-electron chi connectivity index (χ2n) is 4.52. The van der Waals surface area contributed by atoms with Crippen LogP contribution in [0.5, 0.6) is 0 Å². The van der Waals surface area contributed by atoms with Crippen molar-refractivity contribution >= 4 is 0 Å². The van der Waals surface area contributed by atoms with Crippen LogP contribution in [0.2, 0.25) is 0 Å². The van der Waals surface area contributed by atoms with E-state index in [4.69, 9.17) is 0 Å².